The molecule has 0 aromatic carbocycles. The highest BCUT2D eigenvalue weighted by atomic mass is 16.5. The molecule has 0 saturated carbocycles. The van der Waals surface area contributed by atoms with Crippen molar-refractivity contribution in [1.82, 2.24) is 10.6 Å². The summed E-state index contributed by atoms with van der Waals surface area (Å²) in [5, 5.41) is 14.2. The number of carbonyl (C=O) groups is 4. The van der Waals surface area contributed by atoms with Gasteiger partial charge in [0.2, 0.25) is 11.8 Å². The molecule has 258 valence electrons. The maximum atomic E-state index is 12.8. The monoisotopic (exact) mass is 625 g/mol. The van der Waals surface area contributed by atoms with E-state index in [1.165, 1.54) is 116 Å². The Balaban J connectivity index is 4.14. The number of hydrogen-bond acceptors (Lipinski definition) is 5. The standard InChI is InChI=1S/C36H68N2O6/c1-3-5-7-9-11-13-15-17-19-21-23-25-27-35(42)44-31-32(38-33(39)28-29-34(40)41)36(43)37-30-26-24-22-20-18-16-14-12-10-8-6-4-2/h32H,3-31H2,1-2H3,(H,37,43)(H,38,39)(H,40,41). The van der Waals surface area contributed by atoms with E-state index in [-0.39, 0.29) is 31.8 Å². The fraction of sp³-hybridized carbons (Fsp3) is 0.889. The van der Waals surface area contributed by atoms with Gasteiger partial charge in [-0.2, -0.15) is 0 Å². The normalized spacial score (nSPS) is 11.7. The number of aliphatic carboxylic acids is 1. The lowest BCUT2D eigenvalue weighted by Gasteiger charge is -2.18. The zero-order valence-corrected chi connectivity index (χ0v) is 28.6. The second kappa shape index (κ2) is 32.3. The highest BCUT2D eigenvalue weighted by molar-refractivity contribution is 5.89. The van der Waals surface area contributed by atoms with E-state index >= 15 is 0 Å². The van der Waals surface area contributed by atoms with Gasteiger partial charge >= 0.3 is 11.9 Å². The van der Waals surface area contributed by atoms with E-state index in [0.717, 1.165) is 38.5 Å². The molecule has 3 N–H and O–H groups in total. The van der Waals surface area contributed by atoms with E-state index in [2.05, 4.69) is 24.5 Å². The Morgan fingerprint density at radius 1 is 0.545 bits per heavy atom. The third-order valence-electron chi connectivity index (χ3n) is 8.19. The van der Waals surface area contributed by atoms with Crippen LogP contribution in [0.15, 0.2) is 0 Å². The van der Waals surface area contributed by atoms with E-state index < -0.39 is 23.8 Å². The zero-order valence-electron chi connectivity index (χ0n) is 28.6. The van der Waals surface area contributed by atoms with Crippen LogP contribution in [-0.2, 0) is 23.9 Å². The molecule has 0 fully saturated rings. The van der Waals surface area contributed by atoms with E-state index in [4.69, 9.17) is 9.84 Å². The quantitative estimate of drug-likeness (QED) is 0.0495. The Kier molecular flexibility index (Phi) is 30.7. The van der Waals surface area contributed by atoms with Crippen LogP contribution in [0.4, 0.5) is 0 Å². The molecule has 1 unspecified atom stereocenters. The van der Waals surface area contributed by atoms with Gasteiger partial charge in [-0.05, 0) is 12.8 Å². The molecule has 0 saturated heterocycles. The minimum absolute atomic E-state index is 0.231. The molecule has 0 bridgehead atoms. The molecular weight excluding hydrogens is 556 g/mol. The van der Waals surface area contributed by atoms with Crippen LogP contribution in [0.3, 0.4) is 0 Å². The maximum absolute atomic E-state index is 12.8. The second-order valence-corrected chi connectivity index (χ2v) is 12.5. The average molecular weight is 625 g/mol. The topological polar surface area (TPSA) is 122 Å². The Labute approximate surface area is 269 Å². The van der Waals surface area contributed by atoms with Crippen molar-refractivity contribution in [2.45, 2.75) is 193 Å². The number of carboxylic acid groups (broad SMARTS) is 1. The Morgan fingerprint density at radius 2 is 0.955 bits per heavy atom. The summed E-state index contributed by atoms with van der Waals surface area (Å²) >= 11 is 0. The van der Waals surface area contributed by atoms with E-state index in [0.29, 0.717) is 6.54 Å². The molecule has 0 aromatic heterocycles. The SMILES string of the molecule is CCCCCCCCCCCCCCNC(=O)C(COC(=O)CCCCCCCCCCCCCC)NC(=O)CCC(=O)O. The first-order valence-corrected chi connectivity index (χ1v) is 18.3. The first-order chi connectivity index (χ1) is 21.4. The van der Waals surface area contributed by atoms with Crippen LogP contribution in [0, 0.1) is 0 Å². The molecule has 0 aromatic rings. The van der Waals surface area contributed by atoms with Gasteiger partial charge in [0.15, 0.2) is 0 Å². The fourth-order valence-corrected chi connectivity index (χ4v) is 5.33. The number of amides is 2. The average Bonchev–Trinajstić information content (AvgIpc) is 3.00. The molecule has 8 heteroatoms. The van der Waals surface area contributed by atoms with Crippen LogP contribution in [0.25, 0.3) is 0 Å². The minimum Gasteiger partial charge on any atom is -0.481 e. The lowest BCUT2D eigenvalue weighted by Crippen LogP contribution is -2.50. The molecule has 0 aliphatic carbocycles. The first-order valence-electron chi connectivity index (χ1n) is 18.3. The summed E-state index contributed by atoms with van der Waals surface area (Å²) < 4.78 is 5.34. The molecule has 0 spiro atoms. The number of rotatable bonds is 33. The highest BCUT2D eigenvalue weighted by Gasteiger charge is 2.22. The van der Waals surface area contributed by atoms with Crippen molar-refractivity contribution in [1.29, 1.82) is 0 Å². The predicted octanol–water partition coefficient (Wildman–Crippen LogP) is 8.79. The molecule has 0 heterocycles. The van der Waals surface area contributed by atoms with Gasteiger partial charge in [0, 0.05) is 19.4 Å². The number of unbranched alkanes of at least 4 members (excludes halogenated alkanes) is 22. The van der Waals surface area contributed by atoms with Gasteiger partial charge in [-0.3, -0.25) is 19.2 Å². The van der Waals surface area contributed by atoms with Gasteiger partial charge in [0.05, 0.1) is 6.42 Å². The summed E-state index contributed by atoms with van der Waals surface area (Å²) in [4.78, 5) is 48.1. The molecule has 0 aliphatic heterocycles. The van der Waals surface area contributed by atoms with Crippen LogP contribution in [0.2, 0.25) is 0 Å². The minimum atomic E-state index is -1.08. The number of esters is 1. The zero-order chi connectivity index (χ0) is 32.5. The van der Waals surface area contributed by atoms with Crippen molar-refractivity contribution in [3.05, 3.63) is 0 Å². The third kappa shape index (κ3) is 29.9. The van der Waals surface area contributed by atoms with Gasteiger partial charge in [0.25, 0.3) is 0 Å². The summed E-state index contributed by atoms with van der Waals surface area (Å²) in [7, 11) is 0. The van der Waals surface area contributed by atoms with Crippen molar-refractivity contribution in [2.75, 3.05) is 13.2 Å². The molecule has 0 radical (unpaired) electrons. The van der Waals surface area contributed by atoms with E-state index in [1.54, 1.807) is 0 Å². The van der Waals surface area contributed by atoms with Crippen LogP contribution < -0.4 is 10.6 Å². The van der Waals surface area contributed by atoms with Gasteiger partial charge in [0.1, 0.15) is 12.6 Å². The lowest BCUT2D eigenvalue weighted by molar-refractivity contribution is -0.146. The first kappa shape index (κ1) is 41.9. The largest absolute Gasteiger partial charge is 0.481 e. The smallest absolute Gasteiger partial charge is 0.305 e. The molecule has 8 nitrogen and oxygen atoms in total. The van der Waals surface area contributed by atoms with E-state index in [1.807, 2.05) is 0 Å². The number of hydrogen-bond donors (Lipinski definition) is 3. The fourth-order valence-electron chi connectivity index (χ4n) is 5.33. The number of ether oxygens (including phenoxy) is 1. The predicted molar refractivity (Wildman–Crippen MR) is 180 cm³/mol. The molecule has 2 amide bonds. The van der Waals surface area contributed by atoms with E-state index in [9.17, 15) is 19.2 Å². The Hall–Kier alpha value is -2.12. The highest BCUT2D eigenvalue weighted by Crippen LogP contribution is 2.13. The molecular formula is C36H68N2O6. The van der Waals surface area contributed by atoms with Gasteiger partial charge in [-0.15, -0.1) is 0 Å². The van der Waals surface area contributed by atoms with Gasteiger partial charge in [-0.1, -0.05) is 155 Å². The van der Waals surface area contributed by atoms with Crippen molar-refractivity contribution >= 4 is 23.8 Å². The van der Waals surface area contributed by atoms with Crippen LogP contribution in [0.5, 0.6) is 0 Å². The molecule has 1 atom stereocenters. The number of carboxylic acids is 1. The summed E-state index contributed by atoms with van der Waals surface area (Å²) in [6.07, 6.45) is 29.1. The molecule has 0 rings (SSSR count). The van der Waals surface area contributed by atoms with Crippen LogP contribution >= 0.6 is 0 Å². The van der Waals surface area contributed by atoms with Crippen molar-refractivity contribution in [3.63, 3.8) is 0 Å². The van der Waals surface area contributed by atoms with Crippen molar-refractivity contribution < 1.29 is 29.0 Å². The number of carbonyl (C=O) groups excluding carboxylic acids is 3. The van der Waals surface area contributed by atoms with Gasteiger partial charge in [-0.25, -0.2) is 0 Å². The lowest BCUT2D eigenvalue weighted by atomic mass is 10.0. The Morgan fingerprint density at radius 3 is 1.39 bits per heavy atom. The summed E-state index contributed by atoms with van der Waals surface area (Å²) in [5.74, 6) is -2.41. The molecule has 0 aliphatic rings. The summed E-state index contributed by atoms with van der Waals surface area (Å²) in [5.41, 5.74) is 0. The van der Waals surface area contributed by atoms with Crippen LogP contribution in [0.1, 0.15) is 187 Å². The van der Waals surface area contributed by atoms with Crippen LogP contribution in [-0.4, -0.2) is 48.1 Å². The van der Waals surface area contributed by atoms with Crippen molar-refractivity contribution in [3.8, 4) is 0 Å². The second-order valence-electron chi connectivity index (χ2n) is 12.5. The Bertz CT molecular complexity index is 715. The van der Waals surface area contributed by atoms with Gasteiger partial charge < -0.3 is 20.5 Å². The maximum Gasteiger partial charge on any atom is 0.305 e. The summed E-state index contributed by atoms with van der Waals surface area (Å²) in [6.45, 7) is 4.72. The van der Waals surface area contributed by atoms with Crippen molar-refractivity contribution in [2.24, 2.45) is 0 Å². The number of nitrogens with one attached hydrogen (secondary N) is 2. The molecule has 44 heavy (non-hydrogen) atoms. The summed E-state index contributed by atoms with van der Waals surface area (Å²) in [6, 6.07) is -1.03. The third-order valence-corrected chi connectivity index (χ3v) is 8.19.